The Morgan fingerprint density at radius 2 is 1.91 bits per heavy atom. The highest BCUT2D eigenvalue weighted by molar-refractivity contribution is 7.90. The number of anilines is 1. The lowest BCUT2D eigenvalue weighted by Gasteiger charge is -2.44. The van der Waals surface area contributed by atoms with Gasteiger partial charge in [0.25, 0.3) is 15.9 Å². The number of nitrogens with zero attached hydrogens (tertiary/aromatic N) is 3. The molecule has 2 fully saturated rings. The Bertz CT molecular complexity index is 1480. The van der Waals surface area contributed by atoms with Gasteiger partial charge in [0, 0.05) is 18.5 Å². The average molecular weight is 493 g/mol. The van der Waals surface area contributed by atoms with Crippen molar-refractivity contribution in [1.82, 2.24) is 4.90 Å². The first-order valence-electron chi connectivity index (χ1n) is 11.4. The molecular formula is C25H21FN4O4S. The summed E-state index contributed by atoms with van der Waals surface area (Å²) in [6.07, 6.45) is 2.78. The first-order chi connectivity index (χ1) is 16.8. The van der Waals surface area contributed by atoms with E-state index >= 15 is 0 Å². The van der Waals surface area contributed by atoms with Crippen LogP contribution >= 0.6 is 0 Å². The molecule has 2 aliphatic carbocycles. The first-order valence-corrected chi connectivity index (χ1v) is 12.9. The molecule has 2 saturated carbocycles. The summed E-state index contributed by atoms with van der Waals surface area (Å²) in [6.45, 7) is 0.211. The van der Waals surface area contributed by atoms with Gasteiger partial charge in [0.2, 0.25) is 0 Å². The van der Waals surface area contributed by atoms with E-state index in [1.807, 2.05) is 6.07 Å². The minimum Gasteiger partial charge on any atom is -0.511 e. The highest BCUT2D eigenvalue weighted by Gasteiger charge is 2.57. The smallest absolute Gasteiger partial charge is 0.286 e. The van der Waals surface area contributed by atoms with Gasteiger partial charge in [-0.05, 0) is 67.0 Å². The van der Waals surface area contributed by atoms with Crippen LogP contribution in [0.2, 0.25) is 0 Å². The van der Waals surface area contributed by atoms with Gasteiger partial charge in [0.05, 0.1) is 17.3 Å². The first kappa shape index (κ1) is 21.8. The molecular weight excluding hydrogens is 471 g/mol. The van der Waals surface area contributed by atoms with Gasteiger partial charge in [0.1, 0.15) is 22.0 Å². The Kier molecular flexibility index (Phi) is 4.76. The number of halogens is 1. The molecule has 2 aliphatic heterocycles. The van der Waals surface area contributed by atoms with Crippen LogP contribution < -0.4 is 5.32 Å². The molecule has 8 nitrogen and oxygen atoms in total. The zero-order valence-corrected chi connectivity index (χ0v) is 19.3. The molecule has 0 spiro atoms. The molecule has 4 atom stereocenters. The van der Waals surface area contributed by atoms with Gasteiger partial charge in [-0.15, -0.1) is 4.40 Å². The van der Waals surface area contributed by atoms with Crippen LogP contribution in [0.25, 0.3) is 0 Å². The van der Waals surface area contributed by atoms with Crippen molar-refractivity contribution in [2.24, 2.45) is 22.2 Å². The third-order valence-corrected chi connectivity index (χ3v) is 8.95. The zero-order chi connectivity index (χ0) is 24.5. The number of hydrogen-bond acceptors (Lipinski definition) is 6. The number of fused-ring (bicyclic) bond motifs is 6. The number of sulfonamides is 1. The molecule has 0 saturated heterocycles. The molecule has 0 radical (unpaired) electrons. The molecule has 6 rings (SSSR count). The van der Waals surface area contributed by atoms with Gasteiger partial charge in [-0.2, -0.15) is 13.7 Å². The summed E-state index contributed by atoms with van der Waals surface area (Å²) in [5.41, 5.74) is 0.933. The monoisotopic (exact) mass is 492 g/mol. The number of aliphatic hydroxyl groups is 1. The fourth-order valence-corrected chi connectivity index (χ4v) is 7.32. The topological polar surface area (TPSA) is 123 Å². The summed E-state index contributed by atoms with van der Waals surface area (Å²) in [4.78, 5) is 15.3. The summed E-state index contributed by atoms with van der Waals surface area (Å²) >= 11 is 0. The molecule has 35 heavy (non-hydrogen) atoms. The summed E-state index contributed by atoms with van der Waals surface area (Å²) < 4.78 is 43.2. The van der Waals surface area contributed by atoms with Crippen LogP contribution in [-0.2, 0) is 21.4 Å². The van der Waals surface area contributed by atoms with Crippen molar-refractivity contribution in [2.45, 2.75) is 36.7 Å². The molecule has 2 N–H and O–H groups in total. The molecule has 2 aromatic rings. The fourth-order valence-electron chi connectivity index (χ4n) is 6.17. The Morgan fingerprint density at radius 1 is 1.17 bits per heavy atom. The Balaban J connectivity index is 1.44. The zero-order valence-electron chi connectivity index (χ0n) is 18.5. The average Bonchev–Trinajstić information content (AvgIpc) is 3.45. The van der Waals surface area contributed by atoms with Gasteiger partial charge >= 0.3 is 0 Å². The number of amidine groups is 1. The lowest BCUT2D eigenvalue weighted by Crippen LogP contribution is -2.53. The van der Waals surface area contributed by atoms with E-state index in [4.69, 9.17) is 5.26 Å². The maximum absolute atomic E-state index is 13.8. The minimum atomic E-state index is -4.22. The second-order valence-corrected chi connectivity index (χ2v) is 11.1. The van der Waals surface area contributed by atoms with Crippen LogP contribution in [0.1, 0.15) is 30.4 Å². The van der Waals surface area contributed by atoms with Crippen LogP contribution in [-0.4, -0.2) is 36.2 Å². The number of nitriles is 1. The number of carbonyl (C=O) groups is 1. The summed E-state index contributed by atoms with van der Waals surface area (Å²) in [5, 5.41) is 23.4. The standard InChI is InChI=1S/C25H21FN4O4S/c26-17-6-1-13(2-7-17)12-30-22-16-5-4-15(10-16)20(22)23(31)21(25(30)32)24-28-18-8-3-14(11-27)9-19(18)35(33,34)29-24/h1-3,6-9,15-16,20,22,31H,4-5,10,12H2,(H,28,29)/t15-,16+,20?,22?/m1/s1. The molecule has 178 valence electrons. The maximum atomic E-state index is 13.8. The fraction of sp³-hybridized carbons (Fsp3) is 0.320. The quantitative estimate of drug-likeness (QED) is 0.676. The van der Waals surface area contributed by atoms with Crippen molar-refractivity contribution in [2.75, 3.05) is 5.32 Å². The highest BCUT2D eigenvalue weighted by atomic mass is 32.2. The highest BCUT2D eigenvalue weighted by Crippen LogP contribution is 2.55. The number of carbonyl (C=O) groups excluding carboxylic acids is 1. The van der Waals surface area contributed by atoms with E-state index < -0.39 is 15.9 Å². The Labute approximate surface area is 201 Å². The van der Waals surface area contributed by atoms with E-state index in [0.717, 1.165) is 24.8 Å². The van der Waals surface area contributed by atoms with Crippen molar-refractivity contribution >= 4 is 27.5 Å². The van der Waals surface area contributed by atoms with Crippen molar-refractivity contribution in [3.05, 3.63) is 70.7 Å². The Morgan fingerprint density at radius 3 is 2.66 bits per heavy atom. The molecule has 2 bridgehead atoms. The normalized spacial score (nSPS) is 28.2. The van der Waals surface area contributed by atoms with E-state index in [9.17, 15) is 22.7 Å². The van der Waals surface area contributed by atoms with E-state index in [0.29, 0.717) is 0 Å². The molecule has 2 unspecified atom stereocenters. The second kappa shape index (κ2) is 7.65. The number of nitrogens with one attached hydrogen (secondary N) is 1. The van der Waals surface area contributed by atoms with Crippen molar-refractivity contribution in [3.8, 4) is 6.07 Å². The van der Waals surface area contributed by atoms with Gasteiger partial charge in [0.15, 0.2) is 5.84 Å². The summed E-state index contributed by atoms with van der Waals surface area (Å²) in [5.74, 6) is -1.12. The molecule has 2 aromatic carbocycles. The molecule has 1 amide bonds. The van der Waals surface area contributed by atoms with Crippen molar-refractivity contribution in [3.63, 3.8) is 0 Å². The predicted molar refractivity (Wildman–Crippen MR) is 124 cm³/mol. The van der Waals surface area contributed by atoms with Crippen LogP contribution in [0, 0.1) is 34.9 Å². The molecule has 4 aliphatic rings. The van der Waals surface area contributed by atoms with E-state index in [1.54, 1.807) is 17.0 Å². The van der Waals surface area contributed by atoms with Crippen LogP contribution in [0.15, 0.2) is 63.1 Å². The lowest BCUT2D eigenvalue weighted by atomic mass is 9.77. The largest absolute Gasteiger partial charge is 0.511 e. The molecule has 2 heterocycles. The van der Waals surface area contributed by atoms with Gasteiger partial charge in [-0.3, -0.25) is 4.79 Å². The SMILES string of the molecule is N#Cc1ccc2c(c1)S(=O)(=O)N=C(C1=C(O)C3C([C@H]4CC[C@@H]3C4)N(Cc3ccc(F)cc3)C1=O)N2. The number of aliphatic hydroxyl groups excluding tert-OH is 1. The molecule has 10 heteroatoms. The van der Waals surface area contributed by atoms with Gasteiger partial charge in [-0.1, -0.05) is 12.1 Å². The Hall–Kier alpha value is -3.71. The van der Waals surface area contributed by atoms with Crippen molar-refractivity contribution in [1.29, 1.82) is 5.26 Å². The predicted octanol–water partition coefficient (Wildman–Crippen LogP) is 3.48. The van der Waals surface area contributed by atoms with E-state index in [-0.39, 0.29) is 69.5 Å². The van der Waals surface area contributed by atoms with Gasteiger partial charge < -0.3 is 15.3 Å². The maximum Gasteiger partial charge on any atom is 0.286 e. The number of hydrogen-bond donors (Lipinski definition) is 2. The minimum absolute atomic E-state index is 0.124. The van der Waals surface area contributed by atoms with E-state index in [2.05, 4.69) is 9.71 Å². The second-order valence-electron chi connectivity index (χ2n) is 9.53. The van der Waals surface area contributed by atoms with Crippen LogP contribution in [0.5, 0.6) is 0 Å². The number of rotatable bonds is 3. The summed E-state index contributed by atoms with van der Waals surface area (Å²) in [7, 11) is -4.22. The van der Waals surface area contributed by atoms with Crippen LogP contribution in [0.4, 0.5) is 10.1 Å². The third-order valence-electron chi connectivity index (χ3n) is 7.64. The number of benzene rings is 2. The van der Waals surface area contributed by atoms with Crippen LogP contribution in [0.3, 0.4) is 0 Å². The number of amides is 1. The third kappa shape index (κ3) is 3.33. The van der Waals surface area contributed by atoms with E-state index in [1.165, 1.54) is 30.3 Å². The lowest BCUT2D eigenvalue weighted by molar-refractivity contribution is -0.134. The van der Waals surface area contributed by atoms with Gasteiger partial charge in [-0.25, -0.2) is 4.39 Å². The van der Waals surface area contributed by atoms with Crippen molar-refractivity contribution < 1.29 is 22.7 Å². The molecule has 0 aromatic heterocycles. The summed E-state index contributed by atoms with van der Waals surface area (Å²) in [6, 6.07) is 11.7.